The number of fused-ring (bicyclic) bond motifs is 1. The normalized spacial score (nSPS) is 18.4. The maximum Gasteiger partial charge on any atom is 0.324 e. The van der Waals surface area contributed by atoms with Gasteiger partial charge >= 0.3 is 5.97 Å². The quantitative estimate of drug-likeness (QED) is 0.499. The van der Waals surface area contributed by atoms with Crippen LogP contribution in [-0.4, -0.2) is 56.2 Å². The maximum atomic E-state index is 12.9. The number of sulfonamides is 1. The minimum Gasteiger partial charge on any atom is -0.482 e. The summed E-state index contributed by atoms with van der Waals surface area (Å²) in [6.45, 7) is -0.490. The van der Waals surface area contributed by atoms with Crippen LogP contribution in [0.15, 0.2) is 47.4 Å². The fourth-order valence-electron chi connectivity index (χ4n) is 3.58. The molecule has 2 aromatic carbocycles. The highest BCUT2D eigenvalue weighted by Crippen LogP contribution is 2.29. The summed E-state index contributed by atoms with van der Waals surface area (Å²) in [6, 6.07) is 9.14. The summed E-state index contributed by atoms with van der Waals surface area (Å²) in [7, 11) is -3.92. The van der Waals surface area contributed by atoms with Gasteiger partial charge in [-0.25, -0.2) is 8.42 Å². The van der Waals surface area contributed by atoms with Crippen LogP contribution in [-0.2, 0) is 24.3 Å². The number of rotatable bonds is 6. The summed E-state index contributed by atoms with van der Waals surface area (Å²) < 4.78 is 37.4. The molecule has 2 heterocycles. The molecule has 1 atom stereocenters. The Balaban J connectivity index is 1.42. The van der Waals surface area contributed by atoms with Crippen molar-refractivity contribution >= 4 is 45.0 Å². The second-order valence-corrected chi connectivity index (χ2v) is 9.63. The van der Waals surface area contributed by atoms with E-state index < -0.39 is 34.4 Å². The van der Waals surface area contributed by atoms with Crippen LogP contribution in [0.25, 0.3) is 0 Å². The lowest BCUT2D eigenvalue weighted by Crippen LogP contribution is -2.41. The first-order chi connectivity index (χ1) is 15.3. The van der Waals surface area contributed by atoms with Crippen LogP contribution in [0.3, 0.4) is 0 Å². The fraction of sp³-hybridized carbons (Fsp3) is 0.286. The van der Waals surface area contributed by atoms with Crippen LogP contribution in [0.1, 0.15) is 23.2 Å². The predicted molar refractivity (Wildman–Crippen MR) is 114 cm³/mol. The summed E-state index contributed by atoms with van der Waals surface area (Å²) in [5.41, 5.74) is 0.578. The van der Waals surface area contributed by atoms with Gasteiger partial charge in [0.05, 0.1) is 10.6 Å². The van der Waals surface area contributed by atoms with Crippen LogP contribution in [0.5, 0.6) is 5.75 Å². The van der Waals surface area contributed by atoms with E-state index in [1.165, 1.54) is 36.4 Å². The van der Waals surface area contributed by atoms with Crippen molar-refractivity contribution in [1.82, 2.24) is 4.31 Å². The lowest BCUT2D eigenvalue weighted by molar-refractivity contribution is -0.146. The fourth-order valence-corrected chi connectivity index (χ4v) is 5.35. The Morgan fingerprint density at radius 1 is 1.19 bits per heavy atom. The molecule has 32 heavy (non-hydrogen) atoms. The van der Waals surface area contributed by atoms with E-state index in [1.54, 1.807) is 6.07 Å². The van der Waals surface area contributed by atoms with Crippen molar-refractivity contribution in [3.05, 3.63) is 53.1 Å². The van der Waals surface area contributed by atoms with E-state index in [4.69, 9.17) is 21.1 Å². The summed E-state index contributed by atoms with van der Waals surface area (Å²) in [5.74, 6) is -1.18. The number of nitrogens with zero attached hydrogens (tertiary/aromatic N) is 1. The molecule has 1 fully saturated rings. The van der Waals surface area contributed by atoms with Gasteiger partial charge in [-0.3, -0.25) is 14.4 Å². The third-order valence-electron chi connectivity index (χ3n) is 5.18. The van der Waals surface area contributed by atoms with Gasteiger partial charge in [0.2, 0.25) is 10.0 Å². The molecule has 0 aliphatic carbocycles. The summed E-state index contributed by atoms with van der Waals surface area (Å²) in [5, 5.41) is 3.00. The number of Topliss-reactive ketones (excluding diaryl/α,β-unsaturated/α-hetero) is 1. The Morgan fingerprint density at radius 3 is 2.69 bits per heavy atom. The maximum absolute atomic E-state index is 12.9. The van der Waals surface area contributed by atoms with E-state index in [0.717, 1.165) is 4.31 Å². The molecule has 168 valence electrons. The van der Waals surface area contributed by atoms with E-state index in [-0.39, 0.29) is 29.5 Å². The largest absolute Gasteiger partial charge is 0.482 e. The third-order valence-corrected chi connectivity index (χ3v) is 7.35. The van der Waals surface area contributed by atoms with E-state index in [0.29, 0.717) is 29.3 Å². The molecule has 11 heteroatoms. The highest BCUT2D eigenvalue weighted by atomic mass is 35.5. The van der Waals surface area contributed by atoms with E-state index in [1.807, 2.05) is 0 Å². The minimum atomic E-state index is -3.92. The number of carbonyl (C=O) groups is 3. The predicted octanol–water partition coefficient (Wildman–Crippen LogP) is 2.25. The van der Waals surface area contributed by atoms with Gasteiger partial charge in [0, 0.05) is 17.1 Å². The highest BCUT2D eigenvalue weighted by molar-refractivity contribution is 7.89. The number of amides is 1. The highest BCUT2D eigenvalue weighted by Gasteiger charge is 2.40. The minimum absolute atomic E-state index is 0.0241. The van der Waals surface area contributed by atoms with Crippen molar-refractivity contribution < 1.29 is 32.3 Å². The summed E-state index contributed by atoms with van der Waals surface area (Å²) >= 11 is 5.83. The van der Waals surface area contributed by atoms with Gasteiger partial charge in [0.15, 0.2) is 19.0 Å². The molecule has 2 aliphatic rings. The molecule has 1 unspecified atom stereocenters. The second-order valence-electron chi connectivity index (χ2n) is 7.31. The Hall–Kier alpha value is -2.95. The zero-order valence-corrected chi connectivity index (χ0v) is 18.3. The molecule has 2 aliphatic heterocycles. The lowest BCUT2D eigenvalue weighted by Gasteiger charge is -2.22. The van der Waals surface area contributed by atoms with Crippen LogP contribution in [0, 0.1) is 0 Å². The topological polar surface area (TPSA) is 119 Å². The molecule has 0 bridgehead atoms. The van der Waals surface area contributed by atoms with Gasteiger partial charge in [-0.2, -0.15) is 4.31 Å². The van der Waals surface area contributed by atoms with Gasteiger partial charge in [0.1, 0.15) is 11.8 Å². The number of anilines is 1. The first kappa shape index (κ1) is 22.3. The first-order valence-corrected chi connectivity index (χ1v) is 11.6. The van der Waals surface area contributed by atoms with E-state index >= 15 is 0 Å². The van der Waals surface area contributed by atoms with Gasteiger partial charge in [-0.15, -0.1) is 0 Å². The van der Waals surface area contributed by atoms with Gasteiger partial charge in [-0.1, -0.05) is 11.6 Å². The van der Waals surface area contributed by atoms with E-state index in [9.17, 15) is 22.8 Å². The standard InChI is InChI=1S/C21H19ClN2O7S/c22-14-4-6-15(7-5-14)32(28,29)24-9-1-2-17(24)21(27)31-11-18(25)13-3-8-19-16(10-13)23-20(26)12-30-19/h3-8,10,17H,1-2,9,11-12H2,(H,23,26). The Morgan fingerprint density at radius 2 is 1.94 bits per heavy atom. The van der Waals surface area contributed by atoms with Crippen molar-refractivity contribution in [1.29, 1.82) is 0 Å². The van der Waals surface area contributed by atoms with Gasteiger partial charge < -0.3 is 14.8 Å². The zero-order valence-electron chi connectivity index (χ0n) is 16.7. The Bertz CT molecular complexity index is 1180. The number of hydrogen-bond donors (Lipinski definition) is 1. The molecule has 1 N–H and O–H groups in total. The van der Waals surface area contributed by atoms with Crippen molar-refractivity contribution in [2.45, 2.75) is 23.8 Å². The van der Waals surface area contributed by atoms with Crippen molar-refractivity contribution in [2.24, 2.45) is 0 Å². The van der Waals surface area contributed by atoms with Crippen LogP contribution in [0.2, 0.25) is 5.02 Å². The lowest BCUT2D eigenvalue weighted by atomic mass is 10.1. The number of hydrogen-bond acceptors (Lipinski definition) is 7. The average molecular weight is 479 g/mol. The smallest absolute Gasteiger partial charge is 0.324 e. The Labute approximate surface area is 189 Å². The molecular formula is C21H19ClN2O7S. The van der Waals surface area contributed by atoms with Crippen LogP contribution in [0.4, 0.5) is 5.69 Å². The Kier molecular flexibility index (Phi) is 6.18. The third kappa shape index (κ3) is 4.47. The van der Waals surface area contributed by atoms with Crippen LogP contribution >= 0.6 is 11.6 Å². The molecule has 0 radical (unpaired) electrons. The number of nitrogens with one attached hydrogen (secondary N) is 1. The second kappa shape index (κ2) is 8.89. The first-order valence-electron chi connectivity index (χ1n) is 9.79. The van der Waals surface area contributed by atoms with E-state index in [2.05, 4.69) is 5.32 Å². The number of esters is 1. The average Bonchev–Trinajstić information content (AvgIpc) is 3.28. The van der Waals surface area contributed by atoms with Crippen molar-refractivity contribution in [3.8, 4) is 5.75 Å². The molecule has 1 saturated heterocycles. The molecule has 0 spiro atoms. The van der Waals surface area contributed by atoms with Crippen LogP contribution < -0.4 is 10.1 Å². The number of benzene rings is 2. The van der Waals surface area contributed by atoms with Gasteiger partial charge in [-0.05, 0) is 55.3 Å². The number of halogens is 1. The molecule has 2 aromatic rings. The number of carbonyl (C=O) groups excluding carboxylic acids is 3. The summed E-state index contributed by atoms with van der Waals surface area (Å²) in [4.78, 5) is 36.6. The molecule has 4 rings (SSSR count). The monoisotopic (exact) mass is 478 g/mol. The zero-order chi connectivity index (χ0) is 22.9. The number of ether oxygens (including phenoxy) is 2. The van der Waals surface area contributed by atoms with Gasteiger partial charge in [0.25, 0.3) is 5.91 Å². The number of ketones is 1. The molecule has 1 amide bonds. The molecule has 9 nitrogen and oxygen atoms in total. The molecule has 0 saturated carbocycles. The van der Waals surface area contributed by atoms with Crippen molar-refractivity contribution in [3.63, 3.8) is 0 Å². The van der Waals surface area contributed by atoms with Crippen molar-refractivity contribution in [2.75, 3.05) is 25.1 Å². The molecular weight excluding hydrogens is 460 g/mol. The summed E-state index contributed by atoms with van der Waals surface area (Å²) in [6.07, 6.45) is 0.785. The molecule has 0 aromatic heterocycles. The SMILES string of the molecule is O=C1COc2ccc(C(=O)COC(=O)C3CCCN3S(=O)(=O)c3ccc(Cl)cc3)cc2N1.